The molecule has 5 rings (SSSR count). The summed E-state index contributed by atoms with van der Waals surface area (Å²) in [6.07, 6.45) is 8.48. The van der Waals surface area contributed by atoms with Gasteiger partial charge in [-0.2, -0.15) is 0 Å². The fourth-order valence-electron chi connectivity index (χ4n) is 6.34. The second-order valence-corrected chi connectivity index (χ2v) is 9.04. The summed E-state index contributed by atoms with van der Waals surface area (Å²) in [6, 6.07) is 4.00. The first-order valence-corrected chi connectivity index (χ1v) is 10.0. The van der Waals surface area contributed by atoms with Crippen LogP contribution in [-0.2, 0) is 20.8 Å². The molecule has 1 aromatic heterocycles. The van der Waals surface area contributed by atoms with Crippen molar-refractivity contribution in [1.82, 2.24) is 10.3 Å². The largest absolute Gasteiger partial charge is 0.462 e. The Morgan fingerprint density at radius 3 is 2.96 bits per heavy atom. The lowest BCUT2D eigenvalue weighted by atomic mass is 9.53. The van der Waals surface area contributed by atoms with E-state index >= 15 is 0 Å². The summed E-state index contributed by atoms with van der Waals surface area (Å²) < 4.78 is 12.3. The highest BCUT2D eigenvalue weighted by Gasteiger charge is 2.78. The third kappa shape index (κ3) is 2.23. The summed E-state index contributed by atoms with van der Waals surface area (Å²) in [6.45, 7) is 6.10. The number of fused-ring (bicyclic) bond motifs is 2. The second kappa shape index (κ2) is 5.77. The first-order valence-electron chi connectivity index (χ1n) is 10.0. The Morgan fingerprint density at radius 1 is 1.35 bits per heavy atom. The van der Waals surface area contributed by atoms with Crippen LogP contribution in [0.2, 0.25) is 0 Å². The van der Waals surface area contributed by atoms with Crippen molar-refractivity contribution in [3.05, 3.63) is 30.1 Å². The molecule has 4 aliphatic rings. The number of rotatable bonds is 4. The van der Waals surface area contributed by atoms with Crippen LogP contribution in [0.15, 0.2) is 24.5 Å². The molecule has 0 amide bonds. The third-order valence-electron chi connectivity index (χ3n) is 7.64. The zero-order chi connectivity index (χ0) is 17.9. The quantitative estimate of drug-likeness (QED) is 0.664. The number of carbonyl (C=O) groups excluding carboxylic acids is 1. The maximum absolute atomic E-state index is 12.6. The molecule has 7 atom stereocenters. The minimum absolute atomic E-state index is 0.0102. The lowest BCUT2D eigenvalue weighted by molar-refractivity contribution is -0.146. The molecular weight excluding hydrogens is 328 g/mol. The highest BCUT2D eigenvalue weighted by atomic mass is 16.6. The molecular formula is C21H28N2O3. The number of nitrogens with zero attached hydrogens (tertiary/aromatic N) is 1. The molecule has 5 nitrogen and oxygen atoms in total. The zero-order valence-corrected chi connectivity index (χ0v) is 15.6. The molecule has 1 spiro atoms. The van der Waals surface area contributed by atoms with Crippen molar-refractivity contribution in [2.75, 3.05) is 6.54 Å². The number of nitrogens with one attached hydrogen (secondary N) is 1. The van der Waals surface area contributed by atoms with Gasteiger partial charge < -0.3 is 14.8 Å². The normalized spacial score (nSPS) is 46.1. The standard InChI is InChI=1S/C21H28N2O3/c1-13-4-3-7-20(2)10-16-17(18-21(13,20)26-18)15(19(24)25-16)12-23-11-14-5-8-22-9-6-14/h5-6,8-9,13,15-18,23H,3-4,7,10-12H2,1-2H3/t13-,15+,16-,17+,18+,20+,21-/m1/s1. The molecule has 3 heterocycles. The van der Waals surface area contributed by atoms with E-state index in [0.717, 1.165) is 13.0 Å². The van der Waals surface area contributed by atoms with Crippen LogP contribution in [0.3, 0.4) is 0 Å². The predicted molar refractivity (Wildman–Crippen MR) is 96.1 cm³/mol. The van der Waals surface area contributed by atoms with Gasteiger partial charge in [0.1, 0.15) is 11.7 Å². The molecule has 2 aliphatic carbocycles. The van der Waals surface area contributed by atoms with Crippen LogP contribution in [0.25, 0.3) is 0 Å². The number of pyridine rings is 1. The van der Waals surface area contributed by atoms with E-state index in [1.165, 1.54) is 24.8 Å². The number of esters is 1. The summed E-state index contributed by atoms with van der Waals surface area (Å²) >= 11 is 0. The van der Waals surface area contributed by atoms with Gasteiger partial charge in [-0.05, 0) is 42.9 Å². The van der Waals surface area contributed by atoms with Gasteiger partial charge in [0, 0.05) is 36.8 Å². The van der Waals surface area contributed by atoms with E-state index < -0.39 is 0 Å². The average Bonchev–Trinajstić information content (AvgIpc) is 3.30. The molecule has 2 aliphatic heterocycles. The summed E-state index contributed by atoms with van der Waals surface area (Å²) in [5.41, 5.74) is 1.33. The molecule has 0 aromatic carbocycles. The minimum atomic E-state index is -0.0927. The van der Waals surface area contributed by atoms with Crippen molar-refractivity contribution in [2.24, 2.45) is 23.2 Å². The Bertz CT molecular complexity index is 710. The van der Waals surface area contributed by atoms with Crippen LogP contribution in [0.5, 0.6) is 0 Å². The first kappa shape index (κ1) is 16.7. The van der Waals surface area contributed by atoms with Crippen molar-refractivity contribution in [1.29, 1.82) is 0 Å². The second-order valence-electron chi connectivity index (χ2n) is 9.04. The SMILES string of the molecule is C[C@@H]1CCC[C@@]2(C)C[C@H]3OC(=O)[C@@H](CNCc4ccncc4)[C@@H]3[C@@H]3O[C@]132. The lowest BCUT2D eigenvalue weighted by Gasteiger charge is -2.48. The Kier molecular flexibility index (Phi) is 3.70. The van der Waals surface area contributed by atoms with Crippen molar-refractivity contribution in [3.63, 3.8) is 0 Å². The van der Waals surface area contributed by atoms with Crippen LogP contribution >= 0.6 is 0 Å². The Hall–Kier alpha value is -1.46. The number of hydrogen-bond donors (Lipinski definition) is 1. The average molecular weight is 356 g/mol. The molecule has 2 saturated heterocycles. The summed E-state index contributed by atoms with van der Waals surface area (Å²) in [4.78, 5) is 16.7. The van der Waals surface area contributed by atoms with E-state index in [9.17, 15) is 4.79 Å². The smallest absolute Gasteiger partial charge is 0.311 e. The summed E-state index contributed by atoms with van der Waals surface area (Å²) in [7, 11) is 0. The van der Waals surface area contributed by atoms with E-state index in [2.05, 4.69) is 24.1 Å². The number of aromatic nitrogens is 1. The van der Waals surface area contributed by atoms with Gasteiger partial charge in [0.2, 0.25) is 0 Å². The minimum Gasteiger partial charge on any atom is -0.462 e. The third-order valence-corrected chi connectivity index (χ3v) is 7.64. The van der Waals surface area contributed by atoms with Gasteiger partial charge >= 0.3 is 5.97 Å². The topological polar surface area (TPSA) is 63.8 Å². The summed E-state index contributed by atoms with van der Waals surface area (Å²) in [5.74, 6) is 0.655. The van der Waals surface area contributed by atoms with Gasteiger partial charge in [0.05, 0.1) is 12.0 Å². The number of ether oxygens (including phenoxy) is 2. The highest BCUT2D eigenvalue weighted by Crippen LogP contribution is 2.70. The van der Waals surface area contributed by atoms with Crippen molar-refractivity contribution in [2.45, 2.75) is 63.9 Å². The van der Waals surface area contributed by atoms with Crippen molar-refractivity contribution < 1.29 is 14.3 Å². The molecule has 0 bridgehead atoms. The molecule has 5 heteroatoms. The van der Waals surface area contributed by atoms with Crippen LogP contribution in [0.4, 0.5) is 0 Å². The summed E-state index contributed by atoms with van der Waals surface area (Å²) in [5, 5.41) is 3.45. The molecule has 1 N–H and O–H groups in total. The molecule has 4 fully saturated rings. The van der Waals surface area contributed by atoms with E-state index in [-0.39, 0.29) is 41.0 Å². The molecule has 0 radical (unpaired) electrons. The van der Waals surface area contributed by atoms with Crippen LogP contribution in [0, 0.1) is 23.2 Å². The first-order chi connectivity index (χ1) is 12.6. The lowest BCUT2D eigenvalue weighted by Crippen LogP contribution is -2.54. The van der Waals surface area contributed by atoms with E-state index in [0.29, 0.717) is 12.5 Å². The molecule has 26 heavy (non-hydrogen) atoms. The maximum atomic E-state index is 12.6. The molecule has 0 unspecified atom stereocenters. The van der Waals surface area contributed by atoms with E-state index in [1.807, 2.05) is 12.1 Å². The monoisotopic (exact) mass is 356 g/mol. The number of carbonyl (C=O) groups is 1. The fraction of sp³-hybridized carbons (Fsp3) is 0.714. The van der Waals surface area contributed by atoms with Gasteiger partial charge in [-0.3, -0.25) is 9.78 Å². The Balaban J connectivity index is 1.32. The Labute approximate surface area is 154 Å². The van der Waals surface area contributed by atoms with Gasteiger partial charge in [-0.1, -0.05) is 20.3 Å². The predicted octanol–water partition coefficient (Wildman–Crippen LogP) is 2.70. The maximum Gasteiger partial charge on any atom is 0.311 e. The van der Waals surface area contributed by atoms with Gasteiger partial charge in [-0.25, -0.2) is 0 Å². The number of epoxide rings is 1. The van der Waals surface area contributed by atoms with Gasteiger partial charge in [-0.15, -0.1) is 0 Å². The van der Waals surface area contributed by atoms with Gasteiger partial charge in [0.15, 0.2) is 0 Å². The van der Waals surface area contributed by atoms with E-state index in [1.54, 1.807) is 12.4 Å². The number of hydrogen-bond acceptors (Lipinski definition) is 5. The van der Waals surface area contributed by atoms with Crippen LogP contribution in [-0.4, -0.2) is 35.3 Å². The molecule has 2 saturated carbocycles. The Morgan fingerprint density at radius 2 is 2.15 bits per heavy atom. The zero-order valence-electron chi connectivity index (χ0n) is 15.6. The van der Waals surface area contributed by atoms with Gasteiger partial charge in [0.25, 0.3) is 0 Å². The van der Waals surface area contributed by atoms with Crippen molar-refractivity contribution >= 4 is 5.97 Å². The van der Waals surface area contributed by atoms with E-state index in [4.69, 9.17) is 9.47 Å². The van der Waals surface area contributed by atoms with Crippen LogP contribution in [0.1, 0.15) is 45.1 Å². The van der Waals surface area contributed by atoms with Crippen molar-refractivity contribution in [3.8, 4) is 0 Å². The van der Waals surface area contributed by atoms with Crippen LogP contribution < -0.4 is 5.32 Å². The highest BCUT2D eigenvalue weighted by molar-refractivity contribution is 5.76. The fourth-order valence-corrected chi connectivity index (χ4v) is 6.34. The molecule has 1 aromatic rings. The molecule has 140 valence electrons.